The maximum absolute atomic E-state index is 12.4. The van der Waals surface area contributed by atoms with Gasteiger partial charge < -0.3 is 4.74 Å². The minimum absolute atomic E-state index is 0.0566. The van der Waals surface area contributed by atoms with Gasteiger partial charge in [-0.05, 0) is 24.0 Å². The quantitative estimate of drug-likeness (QED) is 0.640. The maximum Gasteiger partial charge on any atom is 0.414 e. The van der Waals surface area contributed by atoms with Crippen LogP contribution in [0.25, 0.3) is 0 Å². The number of carbonyl (C=O) groups excluding carboxylic acids is 1. The van der Waals surface area contributed by atoms with Crippen molar-refractivity contribution in [3.8, 4) is 0 Å². The first kappa shape index (κ1) is 15.0. The van der Waals surface area contributed by atoms with Crippen LogP contribution in [0.2, 0.25) is 0 Å². The Kier molecular flexibility index (Phi) is 4.23. The van der Waals surface area contributed by atoms with Crippen LogP contribution in [-0.2, 0) is 17.8 Å². The van der Waals surface area contributed by atoms with Gasteiger partial charge in [0.25, 0.3) is 5.69 Å². The third kappa shape index (κ3) is 3.15. The van der Waals surface area contributed by atoms with E-state index >= 15 is 0 Å². The number of ether oxygens (including phenoxy) is 1. The second kappa shape index (κ2) is 6.48. The van der Waals surface area contributed by atoms with Crippen molar-refractivity contribution >= 4 is 17.5 Å². The summed E-state index contributed by atoms with van der Waals surface area (Å²) >= 11 is 0. The van der Waals surface area contributed by atoms with E-state index in [1.807, 2.05) is 36.4 Å². The third-order valence-electron chi connectivity index (χ3n) is 3.82. The molecule has 1 amide bonds. The van der Waals surface area contributed by atoms with Crippen molar-refractivity contribution in [2.45, 2.75) is 19.4 Å². The van der Waals surface area contributed by atoms with E-state index in [9.17, 15) is 14.9 Å². The highest BCUT2D eigenvalue weighted by Gasteiger charge is 2.30. The number of anilines is 1. The number of para-hydroxylation sites is 1. The van der Waals surface area contributed by atoms with Gasteiger partial charge in [0.1, 0.15) is 12.3 Å². The second-order valence-electron chi connectivity index (χ2n) is 5.34. The van der Waals surface area contributed by atoms with Crippen LogP contribution in [0.3, 0.4) is 0 Å². The minimum Gasteiger partial charge on any atom is -0.444 e. The van der Waals surface area contributed by atoms with Gasteiger partial charge in [-0.15, -0.1) is 0 Å². The van der Waals surface area contributed by atoms with Gasteiger partial charge in [0, 0.05) is 12.6 Å². The van der Waals surface area contributed by atoms with Crippen molar-refractivity contribution in [2.24, 2.45) is 0 Å². The molecule has 0 aliphatic carbocycles. The number of nitro benzene ring substituents is 1. The SMILES string of the molecule is O=C(OCc1ccccc1)N1CCCc2cccc([N+](=O)[O-])c21. The minimum atomic E-state index is -0.552. The fourth-order valence-electron chi connectivity index (χ4n) is 2.76. The molecule has 0 bridgehead atoms. The molecule has 1 aliphatic rings. The topological polar surface area (TPSA) is 72.7 Å². The standard InChI is InChI=1S/C17H16N2O4/c20-17(23-12-13-6-2-1-3-7-13)18-11-5-9-14-8-4-10-15(16(14)18)19(21)22/h1-4,6-8,10H,5,9,11-12H2. The summed E-state index contributed by atoms with van der Waals surface area (Å²) in [6, 6.07) is 14.2. The molecular formula is C17H16N2O4. The molecule has 0 atom stereocenters. The lowest BCUT2D eigenvalue weighted by Crippen LogP contribution is -2.36. The number of hydrogen-bond acceptors (Lipinski definition) is 4. The van der Waals surface area contributed by atoms with E-state index in [2.05, 4.69) is 0 Å². The summed E-state index contributed by atoms with van der Waals surface area (Å²) < 4.78 is 5.32. The molecule has 1 heterocycles. The number of nitrogens with zero attached hydrogens (tertiary/aromatic N) is 2. The highest BCUT2D eigenvalue weighted by atomic mass is 16.6. The lowest BCUT2D eigenvalue weighted by molar-refractivity contribution is -0.384. The molecule has 118 valence electrons. The van der Waals surface area contributed by atoms with Crippen molar-refractivity contribution in [1.29, 1.82) is 0 Å². The molecule has 0 saturated heterocycles. The summed E-state index contributed by atoms with van der Waals surface area (Å²) in [5.74, 6) is 0. The lowest BCUT2D eigenvalue weighted by atomic mass is 10.0. The molecule has 6 nitrogen and oxygen atoms in total. The van der Waals surface area contributed by atoms with Gasteiger partial charge in [0.2, 0.25) is 0 Å². The first-order chi connectivity index (χ1) is 11.2. The van der Waals surface area contributed by atoms with Gasteiger partial charge in [0.15, 0.2) is 0 Å². The van der Waals surface area contributed by atoms with E-state index in [4.69, 9.17) is 4.74 Å². The predicted octanol–water partition coefficient (Wildman–Crippen LogP) is 3.68. The van der Waals surface area contributed by atoms with Gasteiger partial charge in [-0.1, -0.05) is 42.5 Å². The molecule has 6 heteroatoms. The predicted molar refractivity (Wildman–Crippen MR) is 85.4 cm³/mol. The Morgan fingerprint density at radius 2 is 1.96 bits per heavy atom. The fourth-order valence-corrected chi connectivity index (χ4v) is 2.76. The molecule has 0 N–H and O–H groups in total. The van der Waals surface area contributed by atoms with Crippen molar-refractivity contribution in [3.63, 3.8) is 0 Å². The average Bonchev–Trinajstić information content (AvgIpc) is 2.59. The highest BCUT2D eigenvalue weighted by molar-refractivity contribution is 5.92. The van der Waals surface area contributed by atoms with Gasteiger partial charge in [-0.2, -0.15) is 0 Å². The van der Waals surface area contributed by atoms with Crippen LogP contribution in [0.1, 0.15) is 17.5 Å². The molecule has 3 rings (SSSR count). The first-order valence-corrected chi connectivity index (χ1v) is 7.41. The number of fused-ring (bicyclic) bond motifs is 1. The summed E-state index contributed by atoms with van der Waals surface area (Å²) in [6.07, 6.45) is 0.928. The number of aryl methyl sites for hydroxylation is 1. The zero-order chi connectivity index (χ0) is 16.2. The van der Waals surface area contributed by atoms with Gasteiger partial charge in [-0.25, -0.2) is 4.79 Å². The van der Waals surface area contributed by atoms with Gasteiger partial charge in [0.05, 0.1) is 4.92 Å². The zero-order valence-corrected chi connectivity index (χ0v) is 12.5. The van der Waals surface area contributed by atoms with E-state index in [1.165, 1.54) is 11.0 Å². The van der Waals surface area contributed by atoms with Crippen LogP contribution in [0, 0.1) is 10.1 Å². The molecule has 1 aliphatic heterocycles. The Morgan fingerprint density at radius 3 is 2.70 bits per heavy atom. The van der Waals surface area contributed by atoms with Crippen LogP contribution in [-0.4, -0.2) is 17.6 Å². The Hall–Kier alpha value is -2.89. The molecule has 0 spiro atoms. The summed E-state index contributed by atoms with van der Waals surface area (Å²) in [7, 11) is 0. The van der Waals surface area contributed by atoms with Crippen molar-refractivity contribution in [3.05, 3.63) is 69.8 Å². The molecule has 0 saturated carbocycles. The average molecular weight is 312 g/mol. The molecule has 0 fully saturated rings. The molecular weight excluding hydrogens is 296 g/mol. The van der Waals surface area contributed by atoms with Crippen LogP contribution in [0.4, 0.5) is 16.2 Å². The molecule has 23 heavy (non-hydrogen) atoms. The summed E-state index contributed by atoms with van der Waals surface area (Å²) in [5.41, 5.74) is 1.99. The summed E-state index contributed by atoms with van der Waals surface area (Å²) in [6.45, 7) is 0.567. The summed E-state index contributed by atoms with van der Waals surface area (Å²) in [5, 5.41) is 11.2. The highest BCUT2D eigenvalue weighted by Crippen LogP contribution is 2.36. The fraction of sp³-hybridized carbons (Fsp3) is 0.235. The number of carbonyl (C=O) groups is 1. The molecule has 0 unspecified atom stereocenters. The zero-order valence-electron chi connectivity index (χ0n) is 12.5. The van der Waals surface area contributed by atoms with Crippen LogP contribution >= 0.6 is 0 Å². The largest absolute Gasteiger partial charge is 0.444 e. The Balaban J connectivity index is 1.82. The Labute approximate surface area is 133 Å². The number of rotatable bonds is 3. The van der Waals surface area contributed by atoms with Crippen LogP contribution < -0.4 is 4.90 Å². The molecule has 0 aromatic heterocycles. The van der Waals surface area contributed by atoms with E-state index in [0.717, 1.165) is 24.0 Å². The smallest absolute Gasteiger partial charge is 0.414 e. The molecule has 2 aromatic carbocycles. The first-order valence-electron chi connectivity index (χ1n) is 7.41. The third-order valence-corrected chi connectivity index (χ3v) is 3.82. The number of hydrogen-bond donors (Lipinski definition) is 0. The van der Waals surface area contributed by atoms with Crippen molar-refractivity contribution < 1.29 is 14.5 Å². The lowest BCUT2D eigenvalue weighted by Gasteiger charge is -2.28. The van der Waals surface area contributed by atoms with E-state index in [0.29, 0.717) is 12.2 Å². The van der Waals surface area contributed by atoms with Crippen molar-refractivity contribution in [1.82, 2.24) is 0 Å². The molecule has 0 radical (unpaired) electrons. The maximum atomic E-state index is 12.4. The van der Waals surface area contributed by atoms with Crippen molar-refractivity contribution in [2.75, 3.05) is 11.4 Å². The normalized spacial score (nSPS) is 13.3. The number of nitro groups is 1. The molecule has 2 aromatic rings. The summed E-state index contributed by atoms with van der Waals surface area (Å²) in [4.78, 5) is 24.6. The van der Waals surface area contributed by atoms with Gasteiger partial charge in [-0.3, -0.25) is 15.0 Å². The Bertz CT molecular complexity index is 731. The monoisotopic (exact) mass is 312 g/mol. The number of amides is 1. The number of benzene rings is 2. The van der Waals surface area contributed by atoms with E-state index in [-0.39, 0.29) is 12.3 Å². The Morgan fingerprint density at radius 1 is 1.17 bits per heavy atom. The van der Waals surface area contributed by atoms with Gasteiger partial charge >= 0.3 is 6.09 Å². The van der Waals surface area contributed by atoms with Crippen LogP contribution in [0.5, 0.6) is 0 Å². The van der Waals surface area contributed by atoms with E-state index < -0.39 is 11.0 Å². The van der Waals surface area contributed by atoms with E-state index in [1.54, 1.807) is 6.07 Å². The second-order valence-corrected chi connectivity index (χ2v) is 5.34. The van der Waals surface area contributed by atoms with Crippen LogP contribution in [0.15, 0.2) is 48.5 Å².